The Hall–Kier alpha value is -2.85. The molecule has 24 heavy (non-hydrogen) atoms. The van der Waals surface area contributed by atoms with Crippen molar-refractivity contribution < 1.29 is 15.0 Å². The van der Waals surface area contributed by atoms with E-state index in [2.05, 4.69) is 5.32 Å². The Bertz CT molecular complexity index is 889. The van der Waals surface area contributed by atoms with Gasteiger partial charge >= 0.3 is 0 Å². The Kier molecular flexibility index (Phi) is 4.49. The molecule has 1 unspecified atom stereocenters. The molecule has 1 amide bonds. The Morgan fingerprint density at radius 3 is 2.58 bits per heavy atom. The monoisotopic (exact) mass is 321 g/mol. The molecule has 0 heterocycles. The van der Waals surface area contributed by atoms with Crippen LogP contribution in [0.15, 0.2) is 60.7 Å². The van der Waals surface area contributed by atoms with Crippen LogP contribution in [0.3, 0.4) is 0 Å². The highest BCUT2D eigenvalue weighted by atomic mass is 16.3. The largest absolute Gasteiger partial charge is 0.507 e. The fourth-order valence-electron chi connectivity index (χ4n) is 2.65. The van der Waals surface area contributed by atoms with Crippen LogP contribution in [0.25, 0.3) is 10.8 Å². The molecule has 3 N–H and O–H groups in total. The van der Waals surface area contributed by atoms with Crippen LogP contribution in [0.2, 0.25) is 0 Å². The lowest BCUT2D eigenvalue weighted by atomic mass is 10.0. The number of aliphatic hydroxyl groups excluding tert-OH is 1. The minimum Gasteiger partial charge on any atom is -0.507 e. The molecule has 0 saturated heterocycles. The zero-order valence-electron chi connectivity index (χ0n) is 13.4. The third-order valence-electron chi connectivity index (χ3n) is 4.01. The lowest BCUT2D eigenvalue weighted by Gasteiger charge is -2.14. The van der Waals surface area contributed by atoms with Gasteiger partial charge in [-0.1, -0.05) is 48.0 Å². The van der Waals surface area contributed by atoms with Crippen LogP contribution in [-0.4, -0.2) is 22.7 Å². The van der Waals surface area contributed by atoms with Gasteiger partial charge in [0.1, 0.15) is 5.75 Å². The predicted molar refractivity (Wildman–Crippen MR) is 94.1 cm³/mol. The summed E-state index contributed by atoms with van der Waals surface area (Å²) in [6.45, 7) is 1.92. The van der Waals surface area contributed by atoms with E-state index in [1.165, 1.54) is 6.07 Å². The van der Waals surface area contributed by atoms with Crippen LogP contribution in [0, 0.1) is 6.92 Å². The van der Waals surface area contributed by atoms with Crippen molar-refractivity contribution in [1.82, 2.24) is 5.32 Å². The minimum absolute atomic E-state index is 0.0710. The highest BCUT2D eigenvalue weighted by molar-refractivity contribution is 5.97. The first kappa shape index (κ1) is 16.0. The molecule has 0 aliphatic carbocycles. The summed E-state index contributed by atoms with van der Waals surface area (Å²) in [6.07, 6.45) is -0.814. The van der Waals surface area contributed by atoms with Crippen molar-refractivity contribution in [2.24, 2.45) is 0 Å². The standard InChI is InChI=1S/C20H19NO3/c1-13-6-9-18(22)17(10-13)20(24)21-12-19(23)16-8-7-14-4-2-3-5-15(14)11-16/h2-11,19,22-23H,12H2,1H3,(H,21,24). The molecule has 122 valence electrons. The molecule has 0 radical (unpaired) electrons. The maximum atomic E-state index is 12.2. The van der Waals surface area contributed by atoms with Crippen molar-refractivity contribution >= 4 is 16.7 Å². The number of hydrogen-bond donors (Lipinski definition) is 3. The van der Waals surface area contributed by atoms with Gasteiger partial charge in [-0.2, -0.15) is 0 Å². The number of aliphatic hydroxyl groups is 1. The summed E-state index contributed by atoms with van der Waals surface area (Å²) in [5.74, 6) is -0.477. The van der Waals surface area contributed by atoms with E-state index in [1.54, 1.807) is 12.1 Å². The molecule has 0 fully saturated rings. The van der Waals surface area contributed by atoms with Gasteiger partial charge in [-0.25, -0.2) is 0 Å². The zero-order chi connectivity index (χ0) is 17.1. The van der Waals surface area contributed by atoms with Gasteiger partial charge in [0.15, 0.2) is 0 Å². The fraction of sp³-hybridized carbons (Fsp3) is 0.150. The number of fused-ring (bicyclic) bond motifs is 1. The number of hydrogen-bond acceptors (Lipinski definition) is 3. The Balaban J connectivity index is 1.71. The van der Waals surface area contributed by atoms with Gasteiger partial charge in [0.2, 0.25) is 0 Å². The van der Waals surface area contributed by atoms with Crippen LogP contribution in [0.4, 0.5) is 0 Å². The molecule has 3 rings (SSSR count). The van der Waals surface area contributed by atoms with E-state index in [4.69, 9.17) is 0 Å². The second-order valence-corrected chi connectivity index (χ2v) is 5.85. The normalized spacial score (nSPS) is 12.1. The molecule has 0 aliphatic heterocycles. The Labute approximate surface area is 140 Å². The van der Waals surface area contributed by atoms with Gasteiger partial charge in [0.05, 0.1) is 11.7 Å². The molecule has 0 aromatic heterocycles. The third-order valence-corrected chi connectivity index (χ3v) is 4.01. The lowest BCUT2D eigenvalue weighted by Crippen LogP contribution is -2.28. The summed E-state index contributed by atoms with van der Waals surface area (Å²) >= 11 is 0. The van der Waals surface area contributed by atoms with Gasteiger partial charge < -0.3 is 15.5 Å². The molecule has 0 aliphatic rings. The third kappa shape index (κ3) is 3.39. The molecule has 0 bridgehead atoms. The molecule has 1 atom stereocenters. The number of aryl methyl sites for hydroxylation is 1. The van der Waals surface area contributed by atoms with Crippen LogP contribution in [-0.2, 0) is 0 Å². The van der Waals surface area contributed by atoms with Crippen LogP contribution >= 0.6 is 0 Å². The Morgan fingerprint density at radius 1 is 1.04 bits per heavy atom. The van der Waals surface area contributed by atoms with E-state index in [0.29, 0.717) is 0 Å². The molecule has 4 nitrogen and oxygen atoms in total. The predicted octanol–water partition coefficient (Wildman–Crippen LogP) is 3.32. The number of phenols is 1. The maximum Gasteiger partial charge on any atom is 0.255 e. The molecular weight excluding hydrogens is 302 g/mol. The second-order valence-electron chi connectivity index (χ2n) is 5.85. The second kappa shape index (κ2) is 6.72. The maximum absolute atomic E-state index is 12.2. The van der Waals surface area contributed by atoms with Crippen molar-refractivity contribution in [1.29, 1.82) is 0 Å². The molecule has 3 aromatic carbocycles. The summed E-state index contributed by atoms with van der Waals surface area (Å²) in [4.78, 5) is 12.2. The quantitative estimate of drug-likeness (QED) is 0.690. The number of carbonyl (C=O) groups is 1. The van der Waals surface area contributed by atoms with Crippen molar-refractivity contribution in [3.63, 3.8) is 0 Å². The summed E-state index contributed by atoms with van der Waals surface area (Å²) in [7, 11) is 0. The van der Waals surface area contributed by atoms with Crippen molar-refractivity contribution in [3.05, 3.63) is 77.4 Å². The lowest BCUT2D eigenvalue weighted by molar-refractivity contribution is 0.0913. The van der Waals surface area contributed by atoms with Crippen molar-refractivity contribution in [2.45, 2.75) is 13.0 Å². The number of phenolic OH excluding ortho intramolecular Hbond substituents is 1. The molecule has 3 aromatic rings. The summed E-state index contributed by atoms with van der Waals surface area (Å²) in [6, 6.07) is 18.4. The summed E-state index contributed by atoms with van der Waals surface area (Å²) in [5.41, 5.74) is 1.83. The SMILES string of the molecule is Cc1ccc(O)c(C(=O)NCC(O)c2ccc3ccccc3c2)c1. The average Bonchev–Trinajstić information content (AvgIpc) is 2.61. The first-order valence-electron chi connectivity index (χ1n) is 7.79. The molecule has 4 heteroatoms. The molecule has 0 spiro atoms. The summed E-state index contributed by atoms with van der Waals surface area (Å²) < 4.78 is 0. The number of amides is 1. The van der Waals surface area contributed by atoms with Gasteiger partial charge in [-0.3, -0.25) is 4.79 Å². The first-order chi connectivity index (χ1) is 11.5. The van der Waals surface area contributed by atoms with Crippen LogP contribution in [0.1, 0.15) is 27.6 Å². The fourth-order valence-corrected chi connectivity index (χ4v) is 2.65. The summed E-state index contributed by atoms with van der Waals surface area (Å²) in [5, 5.41) is 24.9. The smallest absolute Gasteiger partial charge is 0.255 e. The van der Waals surface area contributed by atoms with Gasteiger partial charge in [0, 0.05) is 6.54 Å². The molecule has 0 saturated carbocycles. The van der Waals surface area contributed by atoms with E-state index in [9.17, 15) is 15.0 Å². The number of nitrogens with one attached hydrogen (secondary N) is 1. The number of benzene rings is 3. The van der Waals surface area contributed by atoms with Gasteiger partial charge in [-0.15, -0.1) is 0 Å². The highest BCUT2D eigenvalue weighted by Crippen LogP contribution is 2.21. The highest BCUT2D eigenvalue weighted by Gasteiger charge is 2.14. The number of rotatable bonds is 4. The van der Waals surface area contributed by atoms with E-state index in [0.717, 1.165) is 21.9 Å². The van der Waals surface area contributed by atoms with Crippen LogP contribution in [0.5, 0.6) is 5.75 Å². The van der Waals surface area contributed by atoms with E-state index < -0.39 is 12.0 Å². The van der Waals surface area contributed by atoms with E-state index in [-0.39, 0.29) is 17.9 Å². The average molecular weight is 321 g/mol. The Morgan fingerprint density at radius 2 is 1.79 bits per heavy atom. The van der Waals surface area contributed by atoms with Crippen LogP contribution < -0.4 is 5.32 Å². The van der Waals surface area contributed by atoms with Gasteiger partial charge in [-0.05, 0) is 41.5 Å². The van der Waals surface area contributed by atoms with Crippen molar-refractivity contribution in [2.75, 3.05) is 6.54 Å². The minimum atomic E-state index is -0.814. The first-order valence-corrected chi connectivity index (χ1v) is 7.79. The zero-order valence-corrected chi connectivity index (χ0v) is 13.4. The van der Waals surface area contributed by atoms with E-state index >= 15 is 0 Å². The van der Waals surface area contributed by atoms with Gasteiger partial charge in [0.25, 0.3) is 5.91 Å². The van der Waals surface area contributed by atoms with Crippen molar-refractivity contribution in [3.8, 4) is 5.75 Å². The molecular formula is C20H19NO3. The van der Waals surface area contributed by atoms with E-state index in [1.807, 2.05) is 49.4 Å². The number of carbonyl (C=O) groups excluding carboxylic acids is 1. The topological polar surface area (TPSA) is 69.6 Å². The number of aromatic hydroxyl groups is 1.